The van der Waals surface area contributed by atoms with Crippen LogP contribution in [0.1, 0.15) is 30.9 Å². The van der Waals surface area contributed by atoms with E-state index in [4.69, 9.17) is 4.74 Å². The molecule has 1 aromatic carbocycles. The Morgan fingerprint density at radius 2 is 2.24 bits per heavy atom. The van der Waals surface area contributed by atoms with Gasteiger partial charge < -0.3 is 10.1 Å². The zero-order valence-corrected chi connectivity index (χ0v) is 10.5. The summed E-state index contributed by atoms with van der Waals surface area (Å²) in [7, 11) is 1.68. The Morgan fingerprint density at radius 3 is 2.82 bits per heavy atom. The van der Waals surface area contributed by atoms with Crippen LogP contribution in [-0.4, -0.2) is 13.0 Å². The second kappa shape index (κ2) is 5.21. The second-order valence-corrected chi connectivity index (χ2v) is 4.49. The second-order valence-electron chi connectivity index (χ2n) is 4.49. The molecule has 0 saturated heterocycles. The summed E-state index contributed by atoms with van der Waals surface area (Å²) in [5.74, 6) is 1.39. The number of carbonyl (C=O) groups excluding carboxylic acids is 1. The molecule has 3 nitrogen and oxygen atoms in total. The SMILES string of the molecule is CCc1cc(CNC(=O)C2CC2)ccc1OC. The minimum atomic E-state index is 0.193. The number of benzene rings is 1. The molecule has 0 spiro atoms. The molecule has 0 atom stereocenters. The first-order valence-corrected chi connectivity index (χ1v) is 6.18. The summed E-state index contributed by atoms with van der Waals surface area (Å²) in [5.41, 5.74) is 2.32. The van der Waals surface area contributed by atoms with E-state index >= 15 is 0 Å². The zero-order valence-electron chi connectivity index (χ0n) is 10.5. The van der Waals surface area contributed by atoms with Crippen molar-refractivity contribution >= 4 is 5.91 Å². The van der Waals surface area contributed by atoms with E-state index < -0.39 is 0 Å². The summed E-state index contributed by atoms with van der Waals surface area (Å²) >= 11 is 0. The largest absolute Gasteiger partial charge is 0.496 e. The molecule has 1 fully saturated rings. The minimum absolute atomic E-state index is 0.193. The molecule has 92 valence electrons. The molecule has 0 aromatic heterocycles. The maximum atomic E-state index is 11.5. The van der Waals surface area contributed by atoms with Crippen molar-refractivity contribution in [1.82, 2.24) is 5.32 Å². The van der Waals surface area contributed by atoms with E-state index in [-0.39, 0.29) is 11.8 Å². The standard InChI is InChI=1S/C14H19NO2/c1-3-11-8-10(4-7-13(11)17-2)9-15-14(16)12-5-6-12/h4,7-8,12H,3,5-6,9H2,1-2H3,(H,15,16). The van der Waals surface area contributed by atoms with Crippen molar-refractivity contribution in [2.75, 3.05) is 7.11 Å². The van der Waals surface area contributed by atoms with Crippen LogP contribution in [0, 0.1) is 5.92 Å². The summed E-state index contributed by atoms with van der Waals surface area (Å²) in [6.07, 6.45) is 3.04. The number of aryl methyl sites for hydroxylation is 1. The van der Waals surface area contributed by atoms with Crippen LogP contribution in [0.3, 0.4) is 0 Å². The quantitative estimate of drug-likeness (QED) is 0.847. The molecule has 0 bridgehead atoms. The average Bonchev–Trinajstić information content (AvgIpc) is 3.19. The molecular formula is C14H19NO2. The first-order valence-electron chi connectivity index (χ1n) is 6.18. The lowest BCUT2D eigenvalue weighted by molar-refractivity contribution is -0.122. The van der Waals surface area contributed by atoms with Crippen LogP contribution in [-0.2, 0) is 17.8 Å². The molecule has 1 aliphatic carbocycles. The highest BCUT2D eigenvalue weighted by atomic mass is 16.5. The van der Waals surface area contributed by atoms with E-state index in [2.05, 4.69) is 18.3 Å². The van der Waals surface area contributed by atoms with Crippen LogP contribution in [0.15, 0.2) is 18.2 Å². The Balaban J connectivity index is 1.98. The van der Waals surface area contributed by atoms with Crippen LogP contribution in [0.5, 0.6) is 5.75 Å². The van der Waals surface area contributed by atoms with Gasteiger partial charge in [-0.25, -0.2) is 0 Å². The summed E-state index contributed by atoms with van der Waals surface area (Å²) in [6, 6.07) is 6.08. The Bertz CT molecular complexity index is 411. The minimum Gasteiger partial charge on any atom is -0.496 e. The van der Waals surface area contributed by atoms with Crippen molar-refractivity contribution in [2.24, 2.45) is 5.92 Å². The van der Waals surface area contributed by atoms with Crippen molar-refractivity contribution in [3.8, 4) is 5.75 Å². The van der Waals surface area contributed by atoms with Crippen LogP contribution >= 0.6 is 0 Å². The fraction of sp³-hybridized carbons (Fsp3) is 0.500. The maximum absolute atomic E-state index is 11.5. The normalized spacial score (nSPS) is 14.5. The lowest BCUT2D eigenvalue weighted by atomic mass is 10.1. The molecule has 1 aliphatic rings. The molecule has 1 amide bonds. The van der Waals surface area contributed by atoms with E-state index in [0.717, 1.165) is 30.6 Å². The van der Waals surface area contributed by atoms with Gasteiger partial charge >= 0.3 is 0 Å². The Hall–Kier alpha value is -1.51. The molecule has 0 radical (unpaired) electrons. The van der Waals surface area contributed by atoms with E-state index in [1.807, 2.05) is 12.1 Å². The highest BCUT2D eigenvalue weighted by Crippen LogP contribution is 2.29. The molecular weight excluding hydrogens is 214 g/mol. The highest BCUT2D eigenvalue weighted by Gasteiger charge is 2.29. The van der Waals surface area contributed by atoms with Gasteiger partial charge in [0.05, 0.1) is 7.11 Å². The molecule has 1 saturated carbocycles. The maximum Gasteiger partial charge on any atom is 0.223 e. The number of nitrogens with one attached hydrogen (secondary N) is 1. The van der Waals surface area contributed by atoms with Gasteiger partial charge in [-0.15, -0.1) is 0 Å². The number of methoxy groups -OCH3 is 1. The Morgan fingerprint density at radius 1 is 1.47 bits per heavy atom. The van der Waals surface area contributed by atoms with Crippen molar-refractivity contribution in [3.05, 3.63) is 29.3 Å². The number of ether oxygens (including phenoxy) is 1. The lowest BCUT2D eigenvalue weighted by Gasteiger charge is -2.10. The molecule has 0 aliphatic heterocycles. The van der Waals surface area contributed by atoms with E-state index in [1.54, 1.807) is 7.11 Å². The van der Waals surface area contributed by atoms with Crippen LogP contribution in [0.4, 0.5) is 0 Å². The van der Waals surface area contributed by atoms with E-state index in [0.29, 0.717) is 6.54 Å². The van der Waals surface area contributed by atoms with Crippen LogP contribution < -0.4 is 10.1 Å². The first kappa shape index (κ1) is 12.0. The molecule has 0 heterocycles. The summed E-state index contributed by atoms with van der Waals surface area (Å²) < 4.78 is 5.28. The van der Waals surface area contributed by atoms with E-state index in [9.17, 15) is 4.79 Å². The third kappa shape index (κ3) is 2.99. The fourth-order valence-corrected chi connectivity index (χ4v) is 1.90. The first-order chi connectivity index (χ1) is 8.24. The van der Waals surface area contributed by atoms with Crippen LogP contribution in [0.2, 0.25) is 0 Å². The van der Waals surface area contributed by atoms with Gasteiger partial charge in [0.15, 0.2) is 0 Å². The van der Waals surface area contributed by atoms with Crippen molar-refractivity contribution in [1.29, 1.82) is 0 Å². The van der Waals surface area contributed by atoms with Gasteiger partial charge in [0.1, 0.15) is 5.75 Å². The van der Waals surface area contributed by atoms with Gasteiger partial charge in [0.2, 0.25) is 5.91 Å². The molecule has 3 heteroatoms. The number of rotatable bonds is 5. The number of amides is 1. The highest BCUT2D eigenvalue weighted by molar-refractivity contribution is 5.80. The van der Waals surface area contributed by atoms with Crippen molar-refractivity contribution in [2.45, 2.75) is 32.7 Å². The Labute approximate surface area is 102 Å². The fourth-order valence-electron chi connectivity index (χ4n) is 1.90. The van der Waals surface area contributed by atoms with Gasteiger partial charge in [-0.05, 0) is 36.5 Å². The molecule has 1 aromatic rings. The van der Waals surface area contributed by atoms with Crippen LogP contribution in [0.25, 0.3) is 0 Å². The van der Waals surface area contributed by atoms with Gasteiger partial charge in [0, 0.05) is 12.5 Å². The molecule has 2 rings (SSSR count). The predicted molar refractivity (Wildman–Crippen MR) is 66.9 cm³/mol. The van der Waals surface area contributed by atoms with Crippen molar-refractivity contribution < 1.29 is 9.53 Å². The van der Waals surface area contributed by atoms with Gasteiger partial charge in [-0.3, -0.25) is 4.79 Å². The number of hydrogen-bond acceptors (Lipinski definition) is 2. The molecule has 1 N–H and O–H groups in total. The third-order valence-electron chi connectivity index (χ3n) is 3.14. The molecule has 0 unspecified atom stereocenters. The molecule has 17 heavy (non-hydrogen) atoms. The monoisotopic (exact) mass is 233 g/mol. The lowest BCUT2D eigenvalue weighted by Crippen LogP contribution is -2.24. The Kier molecular flexibility index (Phi) is 3.67. The van der Waals surface area contributed by atoms with Gasteiger partial charge in [-0.2, -0.15) is 0 Å². The van der Waals surface area contributed by atoms with Gasteiger partial charge in [0.25, 0.3) is 0 Å². The third-order valence-corrected chi connectivity index (χ3v) is 3.14. The zero-order chi connectivity index (χ0) is 12.3. The topological polar surface area (TPSA) is 38.3 Å². The number of hydrogen-bond donors (Lipinski definition) is 1. The van der Waals surface area contributed by atoms with Crippen molar-refractivity contribution in [3.63, 3.8) is 0 Å². The smallest absolute Gasteiger partial charge is 0.223 e. The predicted octanol–water partition coefficient (Wildman–Crippen LogP) is 2.28. The summed E-state index contributed by atoms with van der Waals surface area (Å²) in [4.78, 5) is 11.5. The number of carbonyl (C=O) groups is 1. The summed E-state index contributed by atoms with van der Waals surface area (Å²) in [6.45, 7) is 2.72. The van der Waals surface area contributed by atoms with E-state index in [1.165, 1.54) is 5.56 Å². The summed E-state index contributed by atoms with van der Waals surface area (Å²) in [5, 5.41) is 2.97. The average molecular weight is 233 g/mol. The van der Waals surface area contributed by atoms with Gasteiger partial charge in [-0.1, -0.05) is 19.1 Å².